The number of para-hydroxylation sites is 1. The van der Waals surface area contributed by atoms with Gasteiger partial charge >= 0.3 is 0 Å². The van der Waals surface area contributed by atoms with E-state index in [9.17, 15) is 9.59 Å². The van der Waals surface area contributed by atoms with Crippen molar-refractivity contribution in [3.8, 4) is 16.9 Å². The number of rotatable bonds is 7. The fourth-order valence-electron chi connectivity index (χ4n) is 3.87. The van der Waals surface area contributed by atoms with Crippen LogP contribution in [0.1, 0.15) is 29.1 Å². The maximum Gasteiger partial charge on any atom is 0.276 e. The van der Waals surface area contributed by atoms with Crippen molar-refractivity contribution in [1.82, 2.24) is 25.4 Å². The number of aryl methyl sites for hydroxylation is 3. The van der Waals surface area contributed by atoms with Crippen LogP contribution in [0.25, 0.3) is 16.8 Å². The van der Waals surface area contributed by atoms with Gasteiger partial charge in [0, 0.05) is 29.4 Å². The van der Waals surface area contributed by atoms with Gasteiger partial charge in [0.05, 0.1) is 5.69 Å². The Labute approximate surface area is 197 Å². The van der Waals surface area contributed by atoms with Crippen molar-refractivity contribution in [1.29, 1.82) is 0 Å². The van der Waals surface area contributed by atoms with Crippen LogP contribution in [0.3, 0.4) is 0 Å². The molecule has 0 bridgehead atoms. The third-order valence-corrected chi connectivity index (χ3v) is 5.56. The van der Waals surface area contributed by atoms with E-state index in [-0.39, 0.29) is 18.9 Å². The third-order valence-electron chi connectivity index (χ3n) is 5.56. The number of aromatic nitrogens is 3. The first-order valence-electron chi connectivity index (χ1n) is 11.1. The van der Waals surface area contributed by atoms with E-state index in [1.165, 1.54) is 0 Å². The summed E-state index contributed by atoms with van der Waals surface area (Å²) in [7, 11) is 0. The summed E-state index contributed by atoms with van der Waals surface area (Å²) in [5, 5.41) is 4.45. The maximum atomic E-state index is 12.3. The van der Waals surface area contributed by atoms with Gasteiger partial charge in [-0.2, -0.15) is 5.10 Å². The highest BCUT2D eigenvalue weighted by atomic mass is 16.5. The Morgan fingerprint density at radius 1 is 0.941 bits per heavy atom. The molecule has 2 heterocycles. The highest BCUT2D eigenvalue weighted by Crippen LogP contribution is 2.29. The highest BCUT2D eigenvalue weighted by Gasteiger charge is 2.14. The second-order valence-electron chi connectivity index (χ2n) is 8.06. The number of nitrogens with one attached hydrogen (secondary N) is 2. The summed E-state index contributed by atoms with van der Waals surface area (Å²) in [6.07, 6.45) is 0.690. The number of hydrogen-bond acceptors (Lipinski definition) is 5. The molecule has 0 fully saturated rings. The zero-order chi connectivity index (χ0) is 24.1. The van der Waals surface area contributed by atoms with Crippen LogP contribution in [-0.2, 0) is 16.0 Å². The van der Waals surface area contributed by atoms with Crippen molar-refractivity contribution < 1.29 is 14.3 Å². The molecule has 2 aromatic carbocycles. The van der Waals surface area contributed by atoms with Gasteiger partial charge in [0.25, 0.3) is 5.91 Å². The van der Waals surface area contributed by atoms with Crippen molar-refractivity contribution in [2.45, 2.75) is 33.6 Å². The summed E-state index contributed by atoms with van der Waals surface area (Å²) in [5.74, 6) is -0.148. The molecule has 2 N–H and O–H groups in total. The molecule has 4 rings (SSSR count). The maximum absolute atomic E-state index is 12.3. The first-order chi connectivity index (χ1) is 16.4. The van der Waals surface area contributed by atoms with Crippen LogP contribution in [0.5, 0.6) is 5.75 Å². The third kappa shape index (κ3) is 5.23. The minimum atomic E-state index is -0.446. The van der Waals surface area contributed by atoms with Crippen molar-refractivity contribution in [2.75, 3.05) is 6.61 Å². The SMILES string of the molecule is Cc1cc2nc(C)c(CCC(=O)NNC(=O)COc3ccccc3-c3ccccc3)c(C)n2n1. The van der Waals surface area contributed by atoms with E-state index < -0.39 is 5.91 Å². The second-order valence-corrected chi connectivity index (χ2v) is 8.06. The van der Waals surface area contributed by atoms with Gasteiger partial charge in [-0.3, -0.25) is 20.4 Å². The van der Waals surface area contributed by atoms with Gasteiger partial charge in [-0.05, 0) is 44.4 Å². The Balaban J connectivity index is 1.29. The Kier molecular flexibility index (Phi) is 6.87. The van der Waals surface area contributed by atoms with E-state index in [0.29, 0.717) is 12.2 Å². The van der Waals surface area contributed by atoms with Gasteiger partial charge in [0.1, 0.15) is 5.75 Å². The van der Waals surface area contributed by atoms with Crippen LogP contribution in [0, 0.1) is 20.8 Å². The monoisotopic (exact) mass is 457 g/mol. The van der Waals surface area contributed by atoms with Crippen molar-refractivity contribution in [3.63, 3.8) is 0 Å². The summed E-state index contributed by atoms with van der Waals surface area (Å²) in [6.45, 7) is 5.59. The Hall–Kier alpha value is -4.20. The Morgan fingerprint density at radius 2 is 1.65 bits per heavy atom. The molecule has 0 aliphatic carbocycles. The number of carbonyl (C=O) groups is 2. The lowest BCUT2D eigenvalue weighted by Gasteiger charge is -2.13. The average Bonchev–Trinajstić information content (AvgIpc) is 3.22. The first kappa shape index (κ1) is 23.0. The largest absolute Gasteiger partial charge is 0.483 e. The second kappa shape index (κ2) is 10.2. The molecular weight excluding hydrogens is 430 g/mol. The van der Waals surface area contributed by atoms with Gasteiger partial charge in [0.2, 0.25) is 5.91 Å². The smallest absolute Gasteiger partial charge is 0.276 e. The predicted octanol–water partition coefficient (Wildman–Crippen LogP) is 3.48. The van der Waals surface area contributed by atoms with Crippen LogP contribution >= 0.6 is 0 Å². The average molecular weight is 458 g/mol. The van der Waals surface area contributed by atoms with E-state index in [1.807, 2.05) is 81.4 Å². The summed E-state index contributed by atoms with van der Waals surface area (Å²) >= 11 is 0. The van der Waals surface area contributed by atoms with Gasteiger partial charge in [-0.25, -0.2) is 9.50 Å². The number of nitrogens with zero attached hydrogens (tertiary/aromatic N) is 3. The number of amides is 2. The van der Waals surface area contributed by atoms with Gasteiger partial charge in [0.15, 0.2) is 12.3 Å². The van der Waals surface area contributed by atoms with Crippen LogP contribution in [-0.4, -0.2) is 33.0 Å². The normalized spacial score (nSPS) is 10.8. The molecule has 0 unspecified atom stereocenters. The quantitative estimate of drug-likeness (QED) is 0.414. The van der Waals surface area contributed by atoms with Crippen molar-refractivity contribution in [2.24, 2.45) is 0 Å². The lowest BCUT2D eigenvalue weighted by Crippen LogP contribution is -2.44. The number of hydrogen-bond donors (Lipinski definition) is 2. The van der Waals surface area contributed by atoms with Gasteiger partial charge in [-0.15, -0.1) is 0 Å². The fourth-order valence-corrected chi connectivity index (χ4v) is 3.87. The first-order valence-corrected chi connectivity index (χ1v) is 11.1. The van der Waals surface area contributed by atoms with Crippen LogP contribution < -0.4 is 15.6 Å². The number of carbonyl (C=O) groups excluding carboxylic acids is 2. The minimum Gasteiger partial charge on any atom is -0.483 e. The summed E-state index contributed by atoms with van der Waals surface area (Å²) in [4.78, 5) is 29.1. The van der Waals surface area contributed by atoms with Crippen molar-refractivity contribution >= 4 is 17.5 Å². The molecule has 2 amide bonds. The standard InChI is InChI=1S/C26H27N5O3/c1-17-15-24-27-18(2)21(19(3)31(24)30-17)13-14-25(32)28-29-26(33)16-34-23-12-8-7-11-22(23)20-9-5-4-6-10-20/h4-12,15H,13-14,16H2,1-3H3,(H,28,32)(H,29,33). The minimum absolute atomic E-state index is 0.201. The zero-order valence-electron chi connectivity index (χ0n) is 19.5. The predicted molar refractivity (Wildman–Crippen MR) is 129 cm³/mol. The lowest BCUT2D eigenvalue weighted by molar-refractivity contribution is -0.130. The fraction of sp³-hybridized carbons (Fsp3) is 0.231. The molecule has 0 radical (unpaired) electrons. The van der Waals surface area contributed by atoms with E-state index in [2.05, 4.69) is 20.9 Å². The Morgan fingerprint density at radius 3 is 2.44 bits per heavy atom. The van der Waals surface area contributed by atoms with Crippen LogP contribution in [0.15, 0.2) is 60.7 Å². The summed E-state index contributed by atoms with van der Waals surface area (Å²) in [5.41, 5.74) is 11.2. The lowest BCUT2D eigenvalue weighted by atomic mass is 10.1. The molecule has 4 aromatic rings. The van der Waals surface area contributed by atoms with E-state index in [0.717, 1.165) is 39.4 Å². The summed E-state index contributed by atoms with van der Waals surface area (Å²) < 4.78 is 7.50. The van der Waals surface area contributed by atoms with E-state index >= 15 is 0 Å². The van der Waals surface area contributed by atoms with Crippen LogP contribution in [0.2, 0.25) is 0 Å². The topological polar surface area (TPSA) is 97.6 Å². The van der Waals surface area contributed by atoms with Gasteiger partial charge in [-0.1, -0.05) is 48.5 Å². The molecule has 8 nitrogen and oxygen atoms in total. The molecule has 34 heavy (non-hydrogen) atoms. The molecule has 0 saturated heterocycles. The molecule has 0 aliphatic heterocycles. The molecule has 0 aliphatic rings. The van der Waals surface area contributed by atoms with Crippen LogP contribution in [0.4, 0.5) is 0 Å². The molecule has 174 valence electrons. The number of hydrazine groups is 1. The molecule has 0 spiro atoms. The Bertz CT molecular complexity index is 1330. The molecule has 0 atom stereocenters. The summed E-state index contributed by atoms with van der Waals surface area (Å²) in [6, 6.07) is 19.2. The zero-order valence-corrected chi connectivity index (χ0v) is 19.5. The van der Waals surface area contributed by atoms with Gasteiger partial charge < -0.3 is 4.74 Å². The van der Waals surface area contributed by atoms with E-state index in [4.69, 9.17) is 4.74 Å². The highest BCUT2D eigenvalue weighted by molar-refractivity contribution is 5.83. The molecule has 2 aromatic heterocycles. The molecular formula is C26H27N5O3. The molecule has 0 saturated carbocycles. The van der Waals surface area contributed by atoms with E-state index in [1.54, 1.807) is 4.52 Å². The number of benzene rings is 2. The van der Waals surface area contributed by atoms with Crippen molar-refractivity contribution in [3.05, 3.63) is 83.3 Å². The number of fused-ring (bicyclic) bond motifs is 1. The molecule has 8 heteroatoms. The number of ether oxygens (including phenoxy) is 1.